The molecule has 1 fully saturated rings. The fraction of sp³-hybridized carbons (Fsp3) is 0.438. The quantitative estimate of drug-likeness (QED) is 0.670. The number of alkyl halides is 3. The van der Waals surface area contributed by atoms with Crippen LogP contribution in [0.1, 0.15) is 31.5 Å². The third-order valence-electron chi connectivity index (χ3n) is 3.88. The zero-order valence-electron chi connectivity index (χ0n) is 12.8. The van der Waals surface area contributed by atoms with Gasteiger partial charge in [0.15, 0.2) is 0 Å². The number of fused-ring (bicyclic) bond motifs is 1. The van der Waals surface area contributed by atoms with E-state index in [4.69, 9.17) is 0 Å². The number of carbonyl (C=O) groups is 1. The molecule has 3 rings (SSSR count). The second-order valence-corrected chi connectivity index (χ2v) is 6.67. The Morgan fingerprint density at radius 3 is 2.62 bits per heavy atom. The van der Waals surface area contributed by atoms with Gasteiger partial charge in [-0.15, -0.1) is 0 Å². The molecule has 0 atom stereocenters. The molecule has 0 bridgehead atoms. The molecule has 0 aliphatic heterocycles. The standard InChI is InChI=1S/C16H16F3N3OS/c17-16(18,19)15-21-12-8-4-3-7-11(12)14(22-15)24-9-13(23)20-10-5-1-2-6-10/h3-4,7-8,10H,1-2,5-6,9H2,(H,20,23). The van der Waals surface area contributed by atoms with Crippen molar-refractivity contribution >= 4 is 28.6 Å². The SMILES string of the molecule is O=C(CSc1nc(C(F)(F)F)nc2ccccc12)NC1CCCC1. The minimum atomic E-state index is -4.62. The van der Waals surface area contributed by atoms with Crippen molar-refractivity contribution in [2.45, 2.75) is 42.9 Å². The van der Waals surface area contributed by atoms with Gasteiger partial charge in [0.1, 0.15) is 5.03 Å². The van der Waals surface area contributed by atoms with Crippen molar-refractivity contribution in [3.8, 4) is 0 Å². The van der Waals surface area contributed by atoms with E-state index in [0.717, 1.165) is 37.4 Å². The summed E-state index contributed by atoms with van der Waals surface area (Å²) in [6.07, 6.45) is -0.491. The fourth-order valence-corrected chi connectivity index (χ4v) is 3.59. The maximum absolute atomic E-state index is 13.0. The van der Waals surface area contributed by atoms with E-state index in [1.807, 2.05) is 0 Å². The number of nitrogens with zero attached hydrogens (tertiary/aromatic N) is 2. The van der Waals surface area contributed by atoms with Crippen molar-refractivity contribution in [1.82, 2.24) is 15.3 Å². The van der Waals surface area contributed by atoms with Crippen LogP contribution in [0.5, 0.6) is 0 Å². The molecule has 4 nitrogen and oxygen atoms in total. The van der Waals surface area contributed by atoms with Gasteiger partial charge in [-0.3, -0.25) is 4.79 Å². The first-order chi connectivity index (χ1) is 11.4. The Bertz CT molecular complexity index is 745. The van der Waals surface area contributed by atoms with Crippen LogP contribution in [0.25, 0.3) is 10.9 Å². The molecule has 1 N–H and O–H groups in total. The monoisotopic (exact) mass is 355 g/mol. The Morgan fingerprint density at radius 2 is 1.92 bits per heavy atom. The maximum atomic E-state index is 13.0. The summed E-state index contributed by atoms with van der Waals surface area (Å²) in [5.41, 5.74) is 0.221. The van der Waals surface area contributed by atoms with Gasteiger partial charge in [0, 0.05) is 11.4 Å². The molecule has 128 valence electrons. The third kappa shape index (κ3) is 3.98. The molecule has 1 amide bonds. The van der Waals surface area contributed by atoms with Gasteiger partial charge in [0.25, 0.3) is 0 Å². The summed E-state index contributed by atoms with van der Waals surface area (Å²) < 4.78 is 38.9. The highest BCUT2D eigenvalue weighted by molar-refractivity contribution is 8.00. The molecule has 0 unspecified atom stereocenters. The molecule has 0 spiro atoms. The van der Waals surface area contributed by atoms with E-state index in [9.17, 15) is 18.0 Å². The second kappa shape index (κ2) is 6.96. The molecule has 0 radical (unpaired) electrons. The van der Waals surface area contributed by atoms with Crippen LogP contribution in [0.4, 0.5) is 13.2 Å². The number of halogens is 3. The average Bonchev–Trinajstić information content (AvgIpc) is 3.04. The fourth-order valence-electron chi connectivity index (χ4n) is 2.76. The van der Waals surface area contributed by atoms with Crippen LogP contribution in [0.3, 0.4) is 0 Å². The van der Waals surface area contributed by atoms with E-state index in [1.165, 1.54) is 6.07 Å². The summed E-state index contributed by atoms with van der Waals surface area (Å²) in [4.78, 5) is 19.2. The Morgan fingerprint density at radius 1 is 1.21 bits per heavy atom. The molecular formula is C16H16F3N3OS. The molecule has 1 heterocycles. The molecule has 1 aromatic heterocycles. The van der Waals surface area contributed by atoms with E-state index in [-0.39, 0.29) is 28.2 Å². The number of hydrogen-bond donors (Lipinski definition) is 1. The van der Waals surface area contributed by atoms with Crippen molar-refractivity contribution in [1.29, 1.82) is 0 Å². The first-order valence-corrected chi connectivity index (χ1v) is 8.68. The predicted octanol–water partition coefficient (Wildman–Crippen LogP) is 3.80. The van der Waals surface area contributed by atoms with Crippen molar-refractivity contribution < 1.29 is 18.0 Å². The topological polar surface area (TPSA) is 54.9 Å². The second-order valence-electron chi connectivity index (χ2n) is 5.70. The average molecular weight is 355 g/mol. The smallest absolute Gasteiger partial charge is 0.353 e. The maximum Gasteiger partial charge on any atom is 0.451 e. The highest BCUT2D eigenvalue weighted by Gasteiger charge is 2.35. The van der Waals surface area contributed by atoms with Gasteiger partial charge in [-0.1, -0.05) is 42.8 Å². The lowest BCUT2D eigenvalue weighted by molar-refractivity contribution is -0.145. The first kappa shape index (κ1) is 17.0. The van der Waals surface area contributed by atoms with E-state index < -0.39 is 12.0 Å². The lowest BCUT2D eigenvalue weighted by Crippen LogP contribution is -2.33. The lowest BCUT2D eigenvalue weighted by atomic mass is 10.2. The van der Waals surface area contributed by atoms with Crippen LogP contribution in [0, 0.1) is 0 Å². The first-order valence-electron chi connectivity index (χ1n) is 7.69. The van der Waals surface area contributed by atoms with E-state index >= 15 is 0 Å². The van der Waals surface area contributed by atoms with Crippen LogP contribution in [0.2, 0.25) is 0 Å². The van der Waals surface area contributed by atoms with Crippen LogP contribution < -0.4 is 5.32 Å². The highest BCUT2D eigenvalue weighted by Crippen LogP contribution is 2.32. The number of para-hydroxylation sites is 1. The van der Waals surface area contributed by atoms with E-state index in [1.54, 1.807) is 18.2 Å². The Labute approximate surface area is 141 Å². The molecule has 0 saturated heterocycles. The van der Waals surface area contributed by atoms with Gasteiger partial charge in [-0.25, -0.2) is 9.97 Å². The molecule has 1 saturated carbocycles. The third-order valence-corrected chi connectivity index (χ3v) is 4.87. The lowest BCUT2D eigenvalue weighted by Gasteiger charge is -2.12. The van der Waals surface area contributed by atoms with Gasteiger partial charge < -0.3 is 5.32 Å². The van der Waals surface area contributed by atoms with Gasteiger partial charge in [0.05, 0.1) is 11.3 Å². The van der Waals surface area contributed by atoms with Crippen LogP contribution in [-0.4, -0.2) is 27.7 Å². The molecule has 8 heteroatoms. The van der Waals surface area contributed by atoms with E-state index in [2.05, 4.69) is 15.3 Å². The zero-order chi connectivity index (χ0) is 17.2. The molecule has 1 aliphatic rings. The van der Waals surface area contributed by atoms with Crippen molar-refractivity contribution in [3.63, 3.8) is 0 Å². The van der Waals surface area contributed by atoms with Crippen LogP contribution in [-0.2, 0) is 11.0 Å². The van der Waals surface area contributed by atoms with Crippen molar-refractivity contribution in [2.24, 2.45) is 0 Å². The largest absolute Gasteiger partial charge is 0.451 e. The summed E-state index contributed by atoms with van der Waals surface area (Å²) in [6, 6.07) is 6.69. The highest BCUT2D eigenvalue weighted by atomic mass is 32.2. The Balaban J connectivity index is 1.78. The minimum absolute atomic E-state index is 0.0365. The normalized spacial score (nSPS) is 15.8. The Kier molecular flexibility index (Phi) is 4.93. The number of thioether (sulfide) groups is 1. The number of nitrogens with one attached hydrogen (secondary N) is 1. The zero-order valence-corrected chi connectivity index (χ0v) is 13.6. The molecule has 24 heavy (non-hydrogen) atoms. The summed E-state index contributed by atoms with van der Waals surface area (Å²) in [6.45, 7) is 0. The van der Waals surface area contributed by atoms with Crippen molar-refractivity contribution in [3.05, 3.63) is 30.1 Å². The number of amides is 1. The van der Waals surface area contributed by atoms with Crippen LogP contribution >= 0.6 is 11.8 Å². The molecule has 1 aliphatic carbocycles. The Hall–Kier alpha value is -1.83. The summed E-state index contributed by atoms with van der Waals surface area (Å²) in [7, 11) is 0. The van der Waals surface area contributed by atoms with Gasteiger partial charge in [-0.05, 0) is 18.9 Å². The van der Waals surface area contributed by atoms with E-state index in [0.29, 0.717) is 5.39 Å². The molecule has 2 aromatic rings. The predicted molar refractivity (Wildman–Crippen MR) is 85.7 cm³/mol. The molecule has 1 aromatic carbocycles. The number of hydrogen-bond acceptors (Lipinski definition) is 4. The summed E-state index contributed by atoms with van der Waals surface area (Å²) >= 11 is 1.01. The number of rotatable bonds is 4. The van der Waals surface area contributed by atoms with Gasteiger partial charge in [0.2, 0.25) is 11.7 Å². The number of benzene rings is 1. The summed E-state index contributed by atoms with van der Waals surface area (Å²) in [5, 5.41) is 3.61. The number of carbonyl (C=O) groups excluding carboxylic acids is 1. The van der Waals surface area contributed by atoms with Gasteiger partial charge >= 0.3 is 6.18 Å². The van der Waals surface area contributed by atoms with Crippen LogP contribution in [0.15, 0.2) is 29.3 Å². The minimum Gasteiger partial charge on any atom is -0.353 e. The van der Waals surface area contributed by atoms with Gasteiger partial charge in [-0.2, -0.15) is 13.2 Å². The summed E-state index contributed by atoms with van der Waals surface area (Å²) in [5.74, 6) is -1.32. The number of aromatic nitrogens is 2. The van der Waals surface area contributed by atoms with Crippen molar-refractivity contribution in [2.75, 3.05) is 5.75 Å². The molecular weight excluding hydrogens is 339 g/mol.